The van der Waals surface area contributed by atoms with Crippen LogP contribution < -0.4 is 16.2 Å². The second-order valence-corrected chi connectivity index (χ2v) is 4.78. The molecule has 0 atom stereocenters. The summed E-state index contributed by atoms with van der Waals surface area (Å²) < 4.78 is 37.8. The van der Waals surface area contributed by atoms with Gasteiger partial charge in [0, 0.05) is 5.69 Å². The van der Waals surface area contributed by atoms with E-state index in [0.717, 1.165) is 18.2 Å². The molecule has 0 radical (unpaired) electrons. The number of anilines is 1. The number of sulfonamides is 1. The molecular weight excluding hydrogens is 237 g/mol. The summed E-state index contributed by atoms with van der Waals surface area (Å²) in [6.45, 7) is -0.557. The zero-order chi connectivity index (χ0) is 12.3. The van der Waals surface area contributed by atoms with Gasteiger partial charge in [0.1, 0.15) is 5.82 Å². The smallest absolute Gasteiger partial charge is 0.241 e. The summed E-state index contributed by atoms with van der Waals surface area (Å²) in [6.07, 6.45) is 0. The van der Waals surface area contributed by atoms with Crippen molar-refractivity contribution in [2.75, 3.05) is 12.3 Å². The summed E-state index contributed by atoms with van der Waals surface area (Å²) >= 11 is 0. The molecule has 1 rings (SSSR count). The van der Waals surface area contributed by atoms with Gasteiger partial charge >= 0.3 is 0 Å². The maximum atomic E-state index is 12.9. The monoisotopic (exact) mass is 247 g/mol. The second-order valence-electron chi connectivity index (χ2n) is 3.01. The lowest BCUT2D eigenvalue weighted by Crippen LogP contribution is -2.33. The predicted molar refractivity (Wildman–Crippen MR) is 55.2 cm³/mol. The number of amides is 1. The molecule has 1 amide bonds. The third-order valence-corrected chi connectivity index (χ3v) is 3.02. The fourth-order valence-corrected chi connectivity index (χ4v) is 2.05. The second kappa shape index (κ2) is 4.45. The first-order valence-corrected chi connectivity index (χ1v) is 5.63. The first-order valence-electron chi connectivity index (χ1n) is 4.15. The molecule has 0 unspecified atom stereocenters. The van der Waals surface area contributed by atoms with Crippen molar-refractivity contribution in [2.45, 2.75) is 4.90 Å². The van der Waals surface area contributed by atoms with Gasteiger partial charge in [0.2, 0.25) is 15.9 Å². The highest BCUT2D eigenvalue weighted by atomic mass is 32.2. The molecule has 88 valence electrons. The van der Waals surface area contributed by atoms with Crippen molar-refractivity contribution in [3.8, 4) is 0 Å². The molecule has 5 N–H and O–H groups in total. The number of hydrogen-bond acceptors (Lipinski definition) is 4. The maximum absolute atomic E-state index is 12.9. The van der Waals surface area contributed by atoms with Crippen LogP contribution in [0, 0.1) is 5.82 Å². The Kier molecular flexibility index (Phi) is 3.45. The summed E-state index contributed by atoms with van der Waals surface area (Å²) in [7, 11) is -3.97. The van der Waals surface area contributed by atoms with E-state index in [0.29, 0.717) is 0 Å². The highest BCUT2D eigenvalue weighted by Crippen LogP contribution is 2.15. The number of nitrogens with one attached hydrogen (secondary N) is 1. The Morgan fingerprint density at radius 2 is 2.00 bits per heavy atom. The molecule has 0 spiro atoms. The van der Waals surface area contributed by atoms with Crippen molar-refractivity contribution in [1.29, 1.82) is 0 Å². The lowest BCUT2D eigenvalue weighted by atomic mass is 10.3. The standard InChI is InChI=1S/C8H10FN3O3S/c9-5-1-6(10)3-7(2-5)16(14,15)12-4-8(11)13/h1-3,12H,4,10H2,(H2,11,13). The van der Waals surface area contributed by atoms with Crippen LogP contribution in [0.5, 0.6) is 0 Å². The van der Waals surface area contributed by atoms with Crippen molar-refractivity contribution < 1.29 is 17.6 Å². The minimum atomic E-state index is -3.97. The van der Waals surface area contributed by atoms with Gasteiger partial charge in [-0.1, -0.05) is 0 Å². The summed E-state index contributed by atoms with van der Waals surface area (Å²) in [5, 5.41) is 0. The van der Waals surface area contributed by atoms with E-state index < -0.39 is 28.3 Å². The van der Waals surface area contributed by atoms with Crippen molar-refractivity contribution in [1.82, 2.24) is 4.72 Å². The number of carbonyl (C=O) groups excluding carboxylic acids is 1. The zero-order valence-corrected chi connectivity index (χ0v) is 8.92. The zero-order valence-electron chi connectivity index (χ0n) is 8.10. The van der Waals surface area contributed by atoms with E-state index >= 15 is 0 Å². The number of nitrogens with two attached hydrogens (primary N) is 2. The minimum Gasteiger partial charge on any atom is -0.399 e. The summed E-state index contributed by atoms with van der Waals surface area (Å²) in [4.78, 5) is 10.1. The van der Waals surface area contributed by atoms with Crippen LogP contribution in [0.1, 0.15) is 0 Å². The van der Waals surface area contributed by atoms with Crippen LogP contribution in [-0.2, 0) is 14.8 Å². The van der Waals surface area contributed by atoms with Gasteiger partial charge in [0.15, 0.2) is 0 Å². The largest absolute Gasteiger partial charge is 0.399 e. The molecule has 1 aromatic carbocycles. The fourth-order valence-electron chi connectivity index (χ4n) is 0.989. The average molecular weight is 247 g/mol. The van der Waals surface area contributed by atoms with Crippen LogP contribution >= 0.6 is 0 Å². The van der Waals surface area contributed by atoms with E-state index in [1.54, 1.807) is 0 Å². The van der Waals surface area contributed by atoms with Crippen molar-refractivity contribution in [3.63, 3.8) is 0 Å². The summed E-state index contributed by atoms with van der Waals surface area (Å²) in [6, 6.07) is 2.85. The fraction of sp³-hybridized carbons (Fsp3) is 0.125. The summed E-state index contributed by atoms with van der Waals surface area (Å²) in [5.41, 5.74) is 10.0. The molecule has 6 nitrogen and oxygen atoms in total. The lowest BCUT2D eigenvalue weighted by Gasteiger charge is -2.05. The van der Waals surface area contributed by atoms with E-state index in [2.05, 4.69) is 0 Å². The molecule has 0 aliphatic rings. The van der Waals surface area contributed by atoms with Crippen molar-refractivity contribution in [3.05, 3.63) is 24.0 Å². The molecule has 0 aliphatic heterocycles. The number of nitrogen functional groups attached to an aromatic ring is 1. The minimum absolute atomic E-state index is 0.0283. The molecular formula is C8H10FN3O3S. The van der Waals surface area contributed by atoms with E-state index in [9.17, 15) is 17.6 Å². The molecule has 16 heavy (non-hydrogen) atoms. The maximum Gasteiger partial charge on any atom is 0.241 e. The number of primary amides is 1. The van der Waals surface area contributed by atoms with Gasteiger partial charge in [-0.2, -0.15) is 0 Å². The SMILES string of the molecule is NC(=O)CNS(=O)(=O)c1cc(N)cc(F)c1. The van der Waals surface area contributed by atoms with E-state index in [1.807, 2.05) is 4.72 Å². The van der Waals surface area contributed by atoms with Crippen LogP contribution in [-0.4, -0.2) is 20.9 Å². The molecule has 0 fully saturated rings. The van der Waals surface area contributed by atoms with Crippen LogP contribution in [0.3, 0.4) is 0 Å². The molecule has 0 saturated heterocycles. The molecule has 1 aromatic rings. The average Bonchev–Trinajstić information content (AvgIpc) is 2.13. The van der Waals surface area contributed by atoms with Crippen molar-refractivity contribution in [2.24, 2.45) is 5.73 Å². The quantitative estimate of drug-likeness (QED) is 0.602. The third-order valence-electron chi connectivity index (χ3n) is 1.64. The third kappa shape index (κ3) is 3.17. The van der Waals surface area contributed by atoms with Crippen molar-refractivity contribution >= 4 is 21.6 Å². The Hall–Kier alpha value is -1.67. The Labute approximate surface area is 91.5 Å². The van der Waals surface area contributed by atoms with E-state index in [4.69, 9.17) is 11.5 Å². The molecule has 0 aliphatic carbocycles. The Bertz CT molecular complexity index is 495. The topological polar surface area (TPSA) is 115 Å². The Morgan fingerprint density at radius 3 is 2.50 bits per heavy atom. The number of halogens is 1. The number of hydrogen-bond donors (Lipinski definition) is 3. The molecule has 0 aromatic heterocycles. The summed E-state index contributed by atoms with van der Waals surface area (Å²) in [5.74, 6) is -1.62. The van der Waals surface area contributed by atoms with Crippen LogP contribution in [0.15, 0.2) is 23.1 Å². The van der Waals surface area contributed by atoms with Crippen LogP contribution in [0.4, 0.5) is 10.1 Å². The van der Waals surface area contributed by atoms with Gasteiger partial charge in [0.25, 0.3) is 0 Å². The Balaban J connectivity index is 3.02. The lowest BCUT2D eigenvalue weighted by molar-refractivity contribution is -0.116. The van der Waals surface area contributed by atoms with Gasteiger partial charge in [-0.05, 0) is 18.2 Å². The predicted octanol–water partition coefficient (Wildman–Crippen LogP) is -0.828. The number of rotatable bonds is 4. The van der Waals surface area contributed by atoms with Gasteiger partial charge < -0.3 is 11.5 Å². The molecule has 0 heterocycles. The molecule has 0 bridgehead atoms. The van der Waals surface area contributed by atoms with Crippen LogP contribution in [0.25, 0.3) is 0 Å². The van der Waals surface area contributed by atoms with Gasteiger partial charge in [-0.3, -0.25) is 4.79 Å². The normalized spacial score (nSPS) is 11.3. The first kappa shape index (κ1) is 12.4. The molecule has 8 heteroatoms. The van der Waals surface area contributed by atoms with Gasteiger partial charge in [0.05, 0.1) is 11.4 Å². The van der Waals surface area contributed by atoms with E-state index in [-0.39, 0.29) is 10.6 Å². The highest BCUT2D eigenvalue weighted by Gasteiger charge is 2.16. The Morgan fingerprint density at radius 1 is 1.38 bits per heavy atom. The van der Waals surface area contributed by atoms with Gasteiger partial charge in [-0.15, -0.1) is 0 Å². The number of benzene rings is 1. The van der Waals surface area contributed by atoms with E-state index in [1.165, 1.54) is 0 Å². The van der Waals surface area contributed by atoms with Gasteiger partial charge in [-0.25, -0.2) is 17.5 Å². The molecule has 0 saturated carbocycles. The first-order chi connectivity index (χ1) is 7.31. The van der Waals surface area contributed by atoms with Crippen LogP contribution in [0.2, 0.25) is 0 Å². The highest BCUT2D eigenvalue weighted by molar-refractivity contribution is 7.89. The number of carbonyl (C=O) groups is 1.